The van der Waals surface area contributed by atoms with Gasteiger partial charge in [0.2, 0.25) is 0 Å². The number of amides is 3. The quantitative estimate of drug-likeness (QED) is 0.386. The van der Waals surface area contributed by atoms with Crippen LogP contribution in [0.5, 0.6) is 0 Å². The predicted octanol–water partition coefficient (Wildman–Crippen LogP) is 4.59. The maximum absolute atomic E-state index is 12.8. The number of esters is 1. The molecule has 178 valence electrons. The molecule has 0 atom stereocenters. The number of rotatable bonds is 7. The topological polar surface area (TPSA) is 92.8 Å². The third-order valence-corrected chi connectivity index (χ3v) is 6.00. The van der Waals surface area contributed by atoms with Crippen LogP contribution in [0.25, 0.3) is 0 Å². The summed E-state index contributed by atoms with van der Waals surface area (Å²) in [6.45, 7) is 3.41. The molecule has 0 aromatic heterocycles. The molecule has 0 saturated heterocycles. The van der Waals surface area contributed by atoms with Crippen LogP contribution in [0.3, 0.4) is 0 Å². The highest BCUT2D eigenvalue weighted by molar-refractivity contribution is 6.34. The van der Waals surface area contributed by atoms with Gasteiger partial charge in [-0.2, -0.15) is 0 Å². The van der Waals surface area contributed by atoms with E-state index in [0.717, 1.165) is 16.7 Å². The van der Waals surface area contributed by atoms with Crippen LogP contribution in [-0.4, -0.2) is 41.7 Å². The van der Waals surface area contributed by atoms with Gasteiger partial charge in [0.25, 0.3) is 17.7 Å². The summed E-state index contributed by atoms with van der Waals surface area (Å²) in [6.07, 6.45) is 0.529. The standard InChI is InChI=1S/C27H23ClN2O5/c1-16-12-17(2)24(22(28)13-16)29-23(31)15-35-27(34)19-8-9-20-21(14-19)26(33)30(25(20)32)11-10-18-6-4-3-5-7-18/h3-9,12-14H,10-11,15H2,1-2H3,(H,29,31). The van der Waals surface area contributed by atoms with Gasteiger partial charge >= 0.3 is 5.97 Å². The van der Waals surface area contributed by atoms with Crippen LogP contribution < -0.4 is 5.32 Å². The van der Waals surface area contributed by atoms with E-state index in [0.29, 0.717) is 17.1 Å². The second kappa shape index (κ2) is 10.1. The smallest absolute Gasteiger partial charge is 0.338 e. The highest BCUT2D eigenvalue weighted by Gasteiger charge is 2.35. The lowest BCUT2D eigenvalue weighted by Gasteiger charge is -2.13. The first kappa shape index (κ1) is 24.2. The van der Waals surface area contributed by atoms with Crippen molar-refractivity contribution in [2.75, 3.05) is 18.5 Å². The fraction of sp³-hybridized carbons (Fsp3) is 0.185. The number of hydrogen-bond acceptors (Lipinski definition) is 5. The van der Waals surface area contributed by atoms with Gasteiger partial charge in [-0.3, -0.25) is 19.3 Å². The van der Waals surface area contributed by atoms with Gasteiger partial charge in [0, 0.05) is 6.54 Å². The van der Waals surface area contributed by atoms with Gasteiger partial charge in [-0.1, -0.05) is 48.0 Å². The summed E-state index contributed by atoms with van der Waals surface area (Å²) < 4.78 is 5.12. The lowest BCUT2D eigenvalue weighted by atomic mass is 10.1. The molecule has 1 heterocycles. The van der Waals surface area contributed by atoms with Gasteiger partial charge < -0.3 is 10.1 Å². The number of nitrogens with one attached hydrogen (secondary N) is 1. The number of fused-ring (bicyclic) bond motifs is 1. The first-order chi connectivity index (χ1) is 16.7. The van der Waals surface area contributed by atoms with Gasteiger partial charge in [0.05, 0.1) is 27.4 Å². The maximum Gasteiger partial charge on any atom is 0.338 e. The van der Waals surface area contributed by atoms with Crippen molar-refractivity contribution in [2.24, 2.45) is 0 Å². The van der Waals surface area contributed by atoms with Crippen molar-refractivity contribution in [1.29, 1.82) is 0 Å². The van der Waals surface area contributed by atoms with Crippen LogP contribution in [-0.2, 0) is 16.0 Å². The number of anilines is 1. The number of benzene rings is 3. The molecule has 4 rings (SSSR count). The molecule has 0 bridgehead atoms. The zero-order chi connectivity index (χ0) is 25.1. The van der Waals surface area contributed by atoms with Crippen LogP contribution in [0.15, 0.2) is 60.7 Å². The van der Waals surface area contributed by atoms with Gasteiger partial charge in [-0.15, -0.1) is 0 Å². The SMILES string of the molecule is Cc1cc(C)c(NC(=O)COC(=O)c2ccc3c(c2)C(=O)N(CCc2ccccc2)C3=O)c(Cl)c1. The Labute approximate surface area is 207 Å². The fourth-order valence-corrected chi connectivity index (χ4v) is 4.34. The predicted molar refractivity (Wildman–Crippen MR) is 132 cm³/mol. The lowest BCUT2D eigenvalue weighted by molar-refractivity contribution is -0.119. The zero-order valence-electron chi connectivity index (χ0n) is 19.3. The molecule has 8 heteroatoms. The summed E-state index contributed by atoms with van der Waals surface area (Å²) in [6, 6.07) is 17.3. The average Bonchev–Trinajstić information content (AvgIpc) is 3.08. The van der Waals surface area contributed by atoms with E-state index >= 15 is 0 Å². The van der Waals surface area contributed by atoms with E-state index in [1.165, 1.54) is 23.1 Å². The largest absolute Gasteiger partial charge is 0.452 e. The second-order valence-corrected chi connectivity index (χ2v) is 8.73. The normalized spacial score (nSPS) is 12.5. The van der Waals surface area contributed by atoms with Crippen LogP contribution >= 0.6 is 11.6 Å². The molecule has 7 nitrogen and oxygen atoms in total. The number of ether oxygens (including phenoxy) is 1. The Morgan fingerprint density at radius 1 is 0.943 bits per heavy atom. The molecule has 0 saturated carbocycles. The molecule has 1 N–H and O–H groups in total. The summed E-state index contributed by atoms with van der Waals surface area (Å²) in [5.41, 5.74) is 3.66. The maximum atomic E-state index is 12.8. The van der Waals surface area contributed by atoms with Crippen LogP contribution in [0, 0.1) is 13.8 Å². The summed E-state index contributed by atoms with van der Waals surface area (Å²) in [7, 11) is 0. The minimum Gasteiger partial charge on any atom is -0.452 e. The Kier molecular flexibility index (Phi) is 6.98. The Hall–Kier alpha value is -3.97. The van der Waals surface area contributed by atoms with E-state index in [9.17, 15) is 19.2 Å². The Bertz CT molecular complexity index is 1310. The van der Waals surface area contributed by atoms with Crippen molar-refractivity contribution in [3.8, 4) is 0 Å². The molecule has 3 amide bonds. The number of aryl methyl sites for hydroxylation is 2. The molecule has 0 aliphatic carbocycles. The number of carbonyl (C=O) groups excluding carboxylic acids is 4. The molecule has 3 aromatic rings. The number of halogens is 1. The third kappa shape index (κ3) is 5.25. The van der Waals surface area contributed by atoms with Crippen molar-refractivity contribution in [3.63, 3.8) is 0 Å². The van der Waals surface area contributed by atoms with Gasteiger partial charge in [0.15, 0.2) is 6.61 Å². The molecule has 35 heavy (non-hydrogen) atoms. The van der Waals surface area contributed by atoms with Gasteiger partial charge in [-0.05, 0) is 61.2 Å². The number of hydrogen-bond donors (Lipinski definition) is 1. The molecule has 0 fully saturated rings. The van der Waals surface area contributed by atoms with Crippen molar-refractivity contribution in [2.45, 2.75) is 20.3 Å². The molecular weight excluding hydrogens is 468 g/mol. The van der Waals surface area contributed by atoms with Gasteiger partial charge in [0.1, 0.15) is 0 Å². The summed E-state index contributed by atoms with van der Waals surface area (Å²) >= 11 is 6.20. The number of carbonyl (C=O) groups is 4. The second-order valence-electron chi connectivity index (χ2n) is 8.32. The van der Waals surface area contributed by atoms with Crippen molar-refractivity contribution < 1.29 is 23.9 Å². The Balaban J connectivity index is 1.38. The molecule has 1 aliphatic rings. The van der Waals surface area contributed by atoms with Gasteiger partial charge in [-0.25, -0.2) is 4.79 Å². The van der Waals surface area contributed by atoms with E-state index in [1.807, 2.05) is 50.2 Å². The minimum absolute atomic E-state index is 0.0761. The summed E-state index contributed by atoms with van der Waals surface area (Å²) in [5, 5.41) is 3.04. The monoisotopic (exact) mass is 490 g/mol. The zero-order valence-corrected chi connectivity index (χ0v) is 20.0. The Morgan fingerprint density at radius 3 is 2.37 bits per heavy atom. The molecule has 1 aliphatic heterocycles. The first-order valence-electron chi connectivity index (χ1n) is 11.0. The summed E-state index contributed by atoms with van der Waals surface area (Å²) in [5.74, 6) is -2.19. The van der Waals surface area contributed by atoms with Crippen LogP contribution in [0.1, 0.15) is 47.8 Å². The van der Waals surface area contributed by atoms with Crippen LogP contribution in [0.2, 0.25) is 5.02 Å². The first-order valence-corrected chi connectivity index (χ1v) is 11.4. The van der Waals surface area contributed by atoms with Crippen molar-refractivity contribution >= 4 is 41.0 Å². The molecule has 3 aromatic carbocycles. The van der Waals surface area contributed by atoms with Crippen LogP contribution in [0.4, 0.5) is 5.69 Å². The number of imide groups is 1. The van der Waals surface area contributed by atoms with E-state index in [4.69, 9.17) is 16.3 Å². The van der Waals surface area contributed by atoms with E-state index in [1.54, 1.807) is 6.07 Å². The molecule has 0 radical (unpaired) electrons. The minimum atomic E-state index is -0.780. The highest BCUT2D eigenvalue weighted by atomic mass is 35.5. The van der Waals surface area contributed by atoms with Crippen molar-refractivity contribution in [3.05, 3.63) is 99.1 Å². The highest BCUT2D eigenvalue weighted by Crippen LogP contribution is 2.27. The molecule has 0 unspecified atom stereocenters. The number of nitrogens with zero attached hydrogens (tertiary/aromatic N) is 1. The fourth-order valence-electron chi connectivity index (χ4n) is 3.97. The third-order valence-electron chi connectivity index (χ3n) is 5.70. The average molecular weight is 491 g/mol. The van der Waals surface area contributed by atoms with E-state index < -0.39 is 30.3 Å². The van der Waals surface area contributed by atoms with Crippen molar-refractivity contribution in [1.82, 2.24) is 4.90 Å². The summed E-state index contributed by atoms with van der Waals surface area (Å²) in [4.78, 5) is 51.5. The lowest BCUT2D eigenvalue weighted by Crippen LogP contribution is -2.31. The molecule has 0 spiro atoms. The van der Waals surface area contributed by atoms with E-state index in [2.05, 4.69) is 5.32 Å². The molecular formula is C27H23ClN2O5. The van der Waals surface area contributed by atoms with E-state index in [-0.39, 0.29) is 23.2 Å². The Morgan fingerprint density at radius 2 is 1.66 bits per heavy atom.